The summed E-state index contributed by atoms with van der Waals surface area (Å²) < 4.78 is 0. The molecule has 0 spiro atoms. The highest BCUT2D eigenvalue weighted by atomic mass is 35.5. The lowest BCUT2D eigenvalue weighted by Crippen LogP contribution is -1.94. The minimum atomic E-state index is 0.604. The van der Waals surface area contributed by atoms with Crippen LogP contribution in [-0.2, 0) is 0 Å². The zero-order chi connectivity index (χ0) is 12.4. The Hall–Kier alpha value is -1.38. The maximum absolute atomic E-state index is 5.93. The van der Waals surface area contributed by atoms with Gasteiger partial charge in [0.25, 0.3) is 0 Å². The number of aryl methyl sites for hydroxylation is 1. The summed E-state index contributed by atoms with van der Waals surface area (Å²) in [6, 6.07) is 11.1. The molecule has 0 aliphatic rings. The summed E-state index contributed by atoms with van der Waals surface area (Å²) >= 11 is 11.9. The van der Waals surface area contributed by atoms with E-state index in [1.807, 2.05) is 37.3 Å². The van der Waals surface area contributed by atoms with Crippen molar-refractivity contribution in [3.05, 3.63) is 52.0 Å². The minimum Gasteiger partial charge on any atom is -0.399 e. The van der Waals surface area contributed by atoms with Crippen LogP contribution >= 0.6 is 23.2 Å². The van der Waals surface area contributed by atoms with Crippen molar-refractivity contribution in [1.82, 2.24) is 0 Å². The van der Waals surface area contributed by atoms with Crippen molar-refractivity contribution in [2.75, 3.05) is 11.1 Å². The van der Waals surface area contributed by atoms with E-state index in [2.05, 4.69) is 5.32 Å². The molecular formula is C13H12Cl2N2. The molecule has 0 saturated carbocycles. The van der Waals surface area contributed by atoms with E-state index in [-0.39, 0.29) is 0 Å². The van der Waals surface area contributed by atoms with Crippen LogP contribution < -0.4 is 11.1 Å². The summed E-state index contributed by atoms with van der Waals surface area (Å²) in [5, 5.41) is 4.44. The van der Waals surface area contributed by atoms with E-state index < -0.39 is 0 Å². The number of rotatable bonds is 2. The van der Waals surface area contributed by atoms with Crippen molar-refractivity contribution in [3.8, 4) is 0 Å². The van der Waals surface area contributed by atoms with Gasteiger partial charge in [0.1, 0.15) is 0 Å². The number of hydrogen-bond donors (Lipinski definition) is 2. The molecule has 0 aliphatic heterocycles. The highest BCUT2D eigenvalue weighted by Gasteiger charge is 2.00. The lowest BCUT2D eigenvalue weighted by Gasteiger charge is -2.09. The fraction of sp³-hybridized carbons (Fsp3) is 0.0769. The first kappa shape index (κ1) is 12.1. The maximum atomic E-state index is 5.93. The van der Waals surface area contributed by atoms with Gasteiger partial charge in [-0.3, -0.25) is 0 Å². The molecule has 0 bridgehead atoms. The molecule has 2 aromatic rings. The summed E-state index contributed by atoms with van der Waals surface area (Å²) in [5.41, 5.74) is 9.38. The first-order valence-electron chi connectivity index (χ1n) is 5.14. The van der Waals surface area contributed by atoms with Gasteiger partial charge in [-0.05, 0) is 48.9 Å². The van der Waals surface area contributed by atoms with Gasteiger partial charge < -0.3 is 11.1 Å². The van der Waals surface area contributed by atoms with Crippen molar-refractivity contribution in [2.45, 2.75) is 6.92 Å². The van der Waals surface area contributed by atoms with Gasteiger partial charge in [0, 0.05) is 27.1 Å². The molecule has 88 valence electrons. The average Bonchev–Trinajstić information content (AvgIpc) is 2.22. The third-order valence-corrected chi connectivity index (χ3v) is 2.86. The fourth-order valence-corrected chi connectivity index (χ4v) is 2.07. The van der Waals surface area contributed by atoms with Gasteiger partial charge in [0.2, 0.25) is 0 Å². The summed E-state index contributed by atoms with van der Waals surface area (Å²) in [4.78, 5) is 0. The second kappa shape index (κ2) is 4.86. The summed E-state index contributed by atoms with van der Waals surface area (Å²) in [6.45, 7) is 1.96. The van der Waals surface area contributed by atoms with E-state index in [0.717, 1.165) is 22.6 Å². The lowest BCUT2D eigenvalue weighted by molar-refractivity contribution is 1.45. The molecule has 0 heterocycles. The zero-order valence-corrected chi connectivity index (χ0v) is 10.8. The van der Waals surface area contributed by atoms with E-state index >= 15 is 0 Å². The Morgan fingerprint density at radius 1 is 0.941 bits per heavy atom. The molecular weight excluding hydrogens is 255 g/mol. The molecule has 0 amide bonds. The number of nitrogen functional groups attached to an aromatic ring is 1. The third kappa shape index (κ3) is 3.05. The summed E-state index contributed by atoms with van der Waals surface area (Å²) in [6.07, 6.45) is 0. The highest BCUT2D eigenvalue weighted by molar-refractivity contribution is 6.35. The van der Waals surface area contributed by atoms with Gasteiger partial charge in [0.05, 0.1) is 0 Å². The van der Waals surface area contributed by atoms with E-state index in [1.54, 1.807) is 6.07 Å². The van der Waals surface area contributed by atoms with Gasteiger partial charge in [-0.2, -0.15) is 0 Å². The molecule has 0 radical (unpaired) electrons. The third-order valence-electron chi connectivity index (χ3n) is 2.42. The molecule has 0 unspecified atom stereocenters. The Labute approximate surface area is 110 Å². The van der Waals surface area contributed by atoms with Gasteiger partial charge in [-0.25, -0.2) is 0 Å². The van der Waals surface area contributed by atoms with Crippen molar-refractivity contribution in [2.24, 2.45) is 0 Å². The quantitative estimate of drug-likeness (QED) is 0.778. The number of nitrogens with two attached hydrogens (primary N) is 1. The molecule has 0 fully saturated rings. The molecule has 0 aliphatic carbocycles. The number of halogens is 2. The predicted molar refractivity (Wildman–Crippen MR) is 75.3 cm³/mol. The second-order valence-electron chi connectivity index (χ2n) is 3.85. The molecule has 2 rings (SSSR count). The van der Waals surface area contributed by atoms with Crippen LogP contribution in [0.3, 0.4) is 0 Å². The van der Waals surface area contributed by atoms with E-state index in [1.165, 1.54) is 0 Å². The highest BCUT2D eigenvalue weighted by Crippen LogP contribution is 2.26. The van der Waals surface area contributed by atoms with Crippen LogP contribution in [0.25, 0.3) is 0 Å². The van der Waals surface area contributed by atoms with Crippen LogP contribution in [0.1, 0.15) is 5.56 Å². The van der Waals surface area contributed by atoms with E-state index in [0.29, 0.717) is 10.0 Å². The van der Waals surface area contributed by atoms with E-state index in [9.17, 15) is 0 Å². The predicted octanol–water partition coefficient (Wildman–Crippen LogP) is 4.63. The van der Waals surface area contributed by atoms with Crippen LogP contribution in [0.4, 0.5) is 17.1 Å². The topological polar surface area (TPSA) is 38.0 Å². The van der Waals surface area contributed by atoms with Gasteiger partial charge in [-0.1, -0.05) is 23.2 Å². The Morgan fingerprint density at radius 3 is 2.18 bits per heavy atom. The molecule has 17 heavy (non-hydrogen) atoms. The van der Waals surface area contributed by atoms with Crippen molar-refractivity contribution < 1.29 is 0 Å². The van der Waals surface area contributed by atoms with Crippen LogP contribution in [0, 0.1) is 6.92 Å². The van der Waals surface area contributed by atoms with Crippen molar-refractivity contribution in [1.29, 1.82) is 0 Å². The Kier molecular flexibility index (Phi) is 3.46. The molecule has 3 N–H and O–H groups in total. The fourth-order valence-electron chi connectivity index (χ4n) is 1.55. The number of nitrogens with one attached hydrogen (secondary N) is 1. The standard InChI is InChI=1S/C13H12Cl2N2/c1-8-4-11(2-3-13(8)16)17-12-6-9(14)5-10(15)7-12/h2-7,17H,16H2,1H3. The zero-order valence-electron chi connectivity index (χ0n) is 9.30. The molecule has 0 atom stereocenters. The summed E-state index contributed by atoms with van der Waals surface area (Å²) in [5.74, 6) is 0. The average molecular weight is 267 g/mol. The number of hydrogen-bond acceptors (Lipinski definition) is 2. The van der Waals surface area contributed by atoms with E-state index in [4.69, 9.17) is 28.9 Å². The molecule has 0 saturated heterocycles. The normalized spacial score (nSPS) is 10.3. The molecule has 0 aromatic heterocycles. The van der Waals surface area contributed by atoms with Crippen molar-refractivity contribution in [3.63, 3.8) is 0 Å². The Bertz CT molecular complexity index is 533. The first-order valence-corrected chi connectivity index (χ1v) is 5.89. The monoisotopic (exact) mass is 266 g/mol. The second-order valence-corrected chi connectivity index (χ2v) is 4.73. The van der Waals surface area contributed by atoms with Gasteiger partial charge >= 0.3 is 0 Å². The summed E-state index contributed by atoms with van der Waals surface area (Å²) in [7, 11) is 0. The van der Waals surface area contributed by atoms with Crippen LogP contribution in [-0.4, -0.2) is 0 Å². The SMILES string of the molecule is Cc1cc(Nc2cc(Cl)cc(Cl)c2)ccc1N. The number of benzene rings is 2. The van der Waals surface area contributed by atoms with Crippen molar-refractivity contribution >= 4 is 40.3 Å². The lowest BCUT2D eigenvalue weighted by atomic mass is 10.2. The minimum absolute atomic E-state index is 0.604. The largest absolute Gasteiger partial charge is 0.399 e. The number of anilines is 3. The van der Waals surface area contributed by atoms with Crippen LogP contribution in [0.15, 0.2) is 36.4 Å². The Balaban J connectivity index is 2.28. The molecule has 2 aromatic carbocycles. The maximum Gasteiger partial charge on any atom is 0.0441 e. The smallest absolute Gasteiger partial charge is 0.0441 e. The molecule has 2 nitrogen and oxygen atoms in total. The van der Waals surface area contributed by atoms with Gasteiger partial charge in [0.15, 0.2) is 0 Å². The van der Waals surface area contributed by atoms with Gasteiger partial charge in [-0.15, -0.1) is 0 Å². The first-order chi connectivity index (χ1) is 8.04. The van der Waals surface area contributed by atoms with Crippen LogP contribution in [0.5, 0.6) is 0 Å². The Morgan fingerprint density at radius 2 is 1.59 bits per heavy atom. The van der Waals surface area contributed by atoms with Crippen LogP contribution in [0.2, 0.25) is 10.0 Å². The molecule has 4 heteroatoms.